The van der Waals surface area contributed by atoms with Gasteiger partial charge in [-0.25, -0.2) is 9.97 Å². The van der Waals surface area contributed by atoms with Crippen molar-refractivity contribution in [2.75, 3.05) is 0 Å². The summed E-state index contributed by atoms with van der Waals surface area (Å²) in [6.07, 6.45) is -3.13. The average molecular weight is 484 g/mol. The van der Waals surface area contributed by atoms with Gasteiger partial charge in [-0.3, -0.25) is 4.79 Å². The van der Waals surface area contributed by atoms with Crippen molar-refractivity contribution in [2.45, 2.75) is 37.4 Å². The highest BCUT2D eigenvalue weighted by Crippen LogP contribution is 2.34. The maximum Gasteiger partial charge on any atom is 0.433 e. The van der Waals surface area contributed by atoms with Crippen LogP contribution in [0, 0.1) is 11.3 Å². The van der Waals surface area contributed by atoms with Gasteiger partial charge in [0.15, 0.2) is 0 Å². The molecule has 0 aliphatic heterocycles. The number of carbonyl (C=O) groups excluding carboxylic acids is 1. The molecule has 1 N–H and O–H groups in total. The topological polar surface area (TPSA) is 118 Å². The van der Waals surface area contributed by atoms with Gasteiger partial charge in [0, 0.05) is 5.56 Å². The second-order valence-electron chi connectivity index (χ2n) is 7.88. The van der Waals surface area contributed by atoms with E-state index in [1.165, 1.54) is 23.5 Å². The van der Waals surface area contributed by atoms with Crippen LogP contribution < -0.4 is 5.32 Å². The third-order valence-corrected chi connectivity index (χ3v) is 6.25. The van der Waals surface area contributed by atoms with E-state index in [1.807, 2.05) is 0 Å². The van der Waals surface area contributed by atoms with Crippen molar-refractivity contribution >= 4 is 27.5 Å². The third kappa shape index (κ3) is 4.60. The number of nitrogens with zero attached hydrogens (tertiary/aromatic N) is 5. The second kappa shape index (κ2) is 8.18. The van der Waals surface area contributed by atoms with E-state index in [0.29, 0.717) is 28.9 Å². The Morgan fingerprint density at radius 3 is 2.71 bits per heavy atom. The molecule has 1 aromatic carbocycles. The number of halogens is 3. The number of nitrogens with one attached hydrogen (secondary N) is 1. The number of amides is 1. The summed E-state index contributed by atoms with van der Waals surface area (Å²) in [6, 6.07) is 11.0. The first kappa shape index (κ1) is 22.0. The lowest BCUT2D eigenvalue weighted by atomic mass is 10.1. The molecule has 1 amide bonds. The van der Waals surface area contributed by atoms with Crippen LogP contribution in [0.4, 0.5) is 13.2 Å². The molecule has 0 atom stereocenters. The monoisotopic (exact) mass is 484 g/mol. The Labute approximate surface area is 194 Å². The van der Waals surface area contributed by atoms with Gasteiger partial charge in [-0.1, -0.05) is 12.1 Å². The zero-order valence-electron chi connectivity index (χ0n) is 17.4. The molecule has 12 heteroatoms. The number of fused-ring (bicyclic) bond motifs is 1. The molecule has 1 aliphatic carbocycles. The molecule has 0 radical (unpaired) electrons. The largest absolute Gasteiger partial charge is 0.433 e. The summed E-state index contributed by atoms with van der Waals surface area (Å²) in [4.78, 5) is 20.3. The molecule has 0 bridgehead atoms. The smallest absolute Gasteiger partial charge is 0.424 e. The number of carbonyl (C=O) groups is 1. The lowest BCUT2D eigenvalue weighted by Gasteiger charge is -2.07. The van der Waals surface area contributed by atoms with Crippen LogP contribution in [0.1, 0.15) is 35.3 Å². The predicted molar refractivity (Wildman–Crippen MR) is 114 cm³/mol. The van der Waals surface area contributed by atoms with Crippen LogP contribution in [0.2, 0.25) is 0 Å². The molecule has 4 aromatic rings. The molecular formula is C22H15F3N6O2S. The highest BCUT2D eigenvalue weighted by Gasteiger charge is 2.44. The van der Waals surface area contributed by atoms with Gasteiger partial charge in [0.1, 0.15) is 22.7 Å². The van der Waals surface area contributed by atoms with Gasteiger partial charge in [-0.2, -0.15) is 18.4 Å². The number of pyridine rings is 1. The fourth-order valence-electron chi connectivity index (χ4n) is 3.36. The molecular weight excluding hydrogens is 469 g/mol. The lowest BCUT2D eigenvalue weighted by molar-refractivity contribution is -0.141. The number of alkyl halides is 3. The Kier molecular flexibility index (Phi) is 5.28. The molecule has 8 nitrogen and oxygen atoms in total. The number of benzene rings is 1. The van der Waals surface area contributed by atoms with Crippen molar-refractivity contribution < 1.29 is 22.4 Å². The van der Waals surface area contributed by atoms with Crippen molar-refractivity contribution in [1.29, 1.82) is 5.26 Å². The Morgan fingerprint density at radius 1 is 1.18 bits per heavy atom. The molecule has 3 aromatic heterocycles. The normalized spacial score (nSPS) is 14.6. The van der Waals surface area contributed by atoms with Gasteiger partial charge in [0.05, 0.1) is 28.4 Å². The Bertz CT molecular complexity index is 1430. The van der Waals surface area contributed by atoms with Crippen molar-refractivity contribution in [2.24, 2.45) is 0 Å². The van der Waals surface area contributed by atoms with E-state index in [1.54, 1.807) is 18.2 Å². The van der Waals surface area contributed by atoms with Crippen LogP contribution in [-0.4, -0.2) is 31.6 Å². The molecule has 172 valence electrons. The number of aromatic nitrogens is 4. The highest BCUT2D eigenvalue weighted by atomic mass is 32.1. The maximum absolute atomic E-state index is 13.0. The molecule has 1 fully saturated rings. The van der Waals surface area contributed by atoms with E-state index in [4.69, 9.17) is 9.68 Å². The first-order valence-corrected chi connectivity index (χ1v) is 11.0. The second-order valence-corrected chi connectivity index (χ2v) is 9.00. The quantitative estimate of drug-likeness (QED) is 0.438. The maximum atomic E-state index is 13.0. The zero-order valence-corrected chi connectivity index (χ0v) is 18.2. The van der Waals surface area contributed by atoms with Crippen LogP contribution in [0.3, 0.4) is 0 Å². The standard InChI is InChI=1S/C22H15F3N6O2S/c23-22(24,25)16-3-1-2-13(27-16)12-4-5-14-15(8-12)34-20(28-14)10-19-31-30-18(33-19)9-17(32)29-21(11-26)6-7-21/h1-5,8H,6-7,9-10H2,(H,29,32). The molecule has 0 spiro atoms. The van der Waals surface area contributed by atoms with Crippen LogP contribution in [0.5, 0.6) is 0 Å². The number of rotatable bonds is 6. The molecule has 3 heterocycles. The first-order valence-electron chi connectivity index (χ1n) is 10.2. The number of hydrogen-bond donors (Lipinski definition) is 1. The van der Waals surface area contributed by atoms with E-state index < -0.39 is 17.4 Å². The first-order chi connectivity index (χ1) is 16.2. The van der Waals surface area contributed by atoms with Crippen LogP contribution in [0.25, 0.3) is 21.5 Å². The van der Waals surface area contributed by atoms with Gasteiger partial charge in [-0.15, -0.1) is 21.5 Å². The van der Waals surface area contributed by atoms with E-state index in [9.17, 15) is 18.0 Å². The summed E-state index contributed by atoms with van der Waals surface area (Å²) in [5, 5.41) is 20.2. The predicted octanol–water partition coefficient (Wildman–Crippen LogP) is 4.07. The van der Waals surface area contributed by atoms with Crippen LogP contribution >= 0.6 is 11.3 Å². The zero-order chi connectivity index (χ0) is 23.9. The van der Waals surface area contributed by atoms with E-state index in [0.717, 1.165) is 10.8 Å². The van der Waals surface area contributed by atoms with E-state index >= 15 is 0 Å². The number of thiazole rings is 1. The minimum absolute atomic E-state index is 0.121. The molecule has 1 aliphatic rings. The van der Waals surface area contributed by atoms with Crippen molar-refractivity contribution in [3.63, 3.8) is 0 Å². The Morgan fingerprint density at radius 2 is 1.97 bits per heavy atom. The summed E-state index contributed by atoms with van der Waals surface area (Å²) < 4.78 is 45.3. The fourth-order valence-corrected chi connectivity index (χ4v) is 4.36. The van der Waals surface area contributed by atoms with Crippen LogP contribution in [0.15, 0.2) is 40.8 Å². The van der Waals surface area contributed by atoms with Gasteiger partial charge in [0.2, 0.25) is 17.7 Å². The number of hydrogen-bond acceptors (Lipinski definition) is 8. The Hall–Kier alpha value is -3.85. The summed E-state index contributed by atoms with van der Waals surface area (Å²) >= 11 is 1.35. The molecule has 5 rings (SSSR count). The highest BCUT2D eigenvalue weighted by molar-refractivity contribution is 7.18. The van der Waals surface area contributed by atoms with Gasteiger partial charge >= 0.3 is 6.18 Å². The summed E-state index contributed by atoms with van der Waals surface area (Å²) in [6.45, 7) is 0. The number of nitriles is 1. The fraction of sp³-hybridized carbons (Fsp3) is 0.273. The van der Waals surface area contributed by atoms with Crippen molar-refractivity contribution in [1.82, 2.24) is 25.5 Å². The van der Waals surface area contributed by atoms with Crippen LogP contribution in [-0.2, 0) is 23.8 Å². The SMILES string of the molecule is N#CC1(NC(=O)Cc2nnc(Cc3nc4ccc(-c5cccc(C(F)(F)F)n5)cc4s3)o2)CC1. The van der Waals surface area contributed by atoms with Crippen molar-refractivity contribution in [3.8, 4) is 17.3 Å². The summed E-state index contributed by atoms with van der Waals surface area (Å²) in [5.41, 5.74) is -0.262. The minimum atomic E-state index is -4.52. The van der Waals surface area contributed by atoms with Crippen molar-refractivity contribution in [3.05, 3.63) is 58.9 Å². The van der Waals surface area contributed by atoms with Gasteiger partial charge in [-0.05, 0) is 37.1 Å². The molecule has 34 heavy (non-hydrogen) atoms. The average Bonchev–Trinajstić information content (AvgIpc) is 3.24. The molecule has 1 saturated carbocycles. The van der Waals surface area contributed by atoms with Gasteiger partial charge in [0.25, 0.3) is 0 Å². The van der Waals surface area contributed by atoms with E-state index in [2.05, 4.69) is 31.6 Å². The van der Waals surface area contributed by atoms with Gasteiger partial charge < -0.3 is 9.73 Å². The lowest BCUT2D eigenvalue weighted by Crippen LogP contribution is -2.36. The molecule has 0 saturated heterocycles. The van der Waals surface area contributed by atoms with E-state index in [-0.39, 0.29) is 36.2 Å². The summed E-state index contributed by atoms with van der Waals surface area (Å²) in [5.74, 6) is 0.0632. The molecule has 0 unspecified atom stereocenters. The third-order valence-electron chi connectivity index (χ3n) is 5.23. The Balaban J connectivity index is 1.29. The summed E-state index contributed by atoms with van der Waals surface area (Å²) in [7, 11) is 0. The minimum Gasteiger partial charge on any atom is -0.424 e.